The van der Waals surface area contributed by atoms with E-state index in [0.29, 0.717) is 12.0 Å². The Bertz CT molecular complexity index is 452. The average molecular weight is 216 g/mol. The largest absolute Gasteiger partial charge is 0.359 e. The number of likely N-dealkylation sites (N-methyl/N-ethyl adjacent to an activating group) is 1. The third kappa shape index (κ3) is 3.84. The van der Waals surface area contributed by atoms with Gasteiger partial charge in [0.1, 0.15) is 0 Å². The van der Waals surface area contributed by atoms with Crippen molar-refractivity contribution in [3.63, 3.8) is 0 Å². The maximum atomic E-state index is 11.1. The van der Waals surface area contributed by atoms with Gasteiger partial charge in [-0.05, 0) is 23.6 Å². The minimum atomic E-state index is -0.658. The number of nitrogens with two attached hydrogens (primary N) is 1. The van der Waals surface area contributed by atoms with E-state index in [1.807, 2.05) is 0 Å². The Hall–Kier alpha value is -2.28. The predicted octanol–water partition coefficient (Wildman–Crippen LogP) is -0.188. The van der Waals surface area contributed by atoms with Gasteiger partial charge in [0.2, 0.25) is 5.91 Å². The van der Waals surface area contributed by atoms with Crippen LogP contribution in [0.1, 0.15) is 11.1 Å². The van der Waals surface area contributed by atoms with Gasteiger partial charge < -0.3 is 11.1 Å². The number of carbonyl (C=O) groups is 2. The van der Waals surface area contributed by atoms with Gasteiger partial charge >= 0.3 is 0 Å². The molecule has 82 valence electrons. The van der Waals surface area contributed by atoms with Gasteiger partial charge in [0.15, 0.2) is 0 Å². The summed E-state index contributed by atoms with van der Waals surface area (Å²) < 4.78 is 0. The molecule has 0 spiro atoms. The fourth-order valence-corrected chi connectivity index (χ4v) is 1.11. The molecule has 0 fully saturated rings. The molecular formula is C12H12N2O2. The number of benzene rings is 1. The van der Waals surface area contributed by atoms with E-state index in [9.17, 15) is 9.59 Å². The van der Waals surface area contributed by atoms with Crippen LogP contribution in [0.2, 0.25) is 0 Å². The van der Waals surface area contributed by atoms with Gasteiger partial charge in [0.25, 0.3) is 5.91 Å². The molecule has 0 aliphatic carbocycles. The van der Waals surface area contributed by atoms with Crippen LogP contribution in [0.4, 0.5) is 0 Å². The Morgan fingerprint density at radius 3 is 2.44 bits per heavy atom. The molecule has 2 amide bonds. The highest BCUT2D eigenvalue weighted by Gasteiger charge is 1.99. The highest BCUT2D eigenvalue weighted by molar-refractivity contribution is 5.92. The molecule has 1 aromatic carbocycles. The maximum absolute atomic E-state index is 11.1. The van der Waals surface area contributed by atoms with Crippen LogP contribution >= 0.6 is 0 Å². The SMILES string of the molecule is CNC(=O)Cc1ccc(C#CC(N)=O)cc1. The van der Waals surface area contributed by atoms with Crippen molar-refractivity contribution >= 4 is 11.8 Å². The summed E-state index contributed by atoms with van der Waals surface area (Å²) in [5.41, 5.74) is 6.48. The molecule has 4 nitrogen and oxygen atoms in total. The molecule has 0 saturated heterocycles. The first-order chi connectivity index (χ1) is 7.61. The zero-order valence-electron chi connectivity index (χ0n) is 8.91. The lowest BCUT2D eigenvalue weighted by Gasteiger charge is -1.99. The van der Waals surface area contributed by atoms with Crippen molar-refractivity contribution in [1.82, 2.24) is 5.32 Å². The molecule has 0 aliphatic rings. The van der Waals surface area contributed by atoms with Crippen LogP contribution in [-0.2, 0) is 16.0 Å². The quantitative estimate of drug-likeness (QED) is 0.673. The fraction of sp³-hybridized carbons (Fsp3) is 0.167. The maximum Gasteiger partial charge on any atom is 0.293 e. The van der Waals surface area contributed by atoms with E-state index in [-0.39, 0.29) is 5.91 Å². The Labute approximate surface area is 93.8 Å². The third-order valence-electron chi connectivity index (χ3n) is 1.93. The number of nitrogens with one attached hydrogen (secondary N) is 1. The van der Waals surface area contributed by atoms with Crippen LogP contribution in [0, 0.1) is 11.8 Å². The monoisotopic (exact) mass is 216 g/mol. The van der Waals surface area contributed by atoms with E-state index in [1.165, 1.54) is 0 Å². The molecule has 0 aromatic heterocycles. The highest BCUT2D eigenvalue weighted by atomic mass is 16.1. The van der Waals surface area contributed by atoms with Crippen molar-refractivity contribution < 1.29 is 9.59 Å². The van der Waals surface area contributed by atoms with Gasteiger partial charge in [0.05, 0.1) is 6.42 Å². The zero-order valence-corrected chi connectivity index (χ0v) is 8.91. The second kappa shape index (κ2) is 5.56. The molecule has 1 aromatic rings. The second-order valence-electron chi connectivity index (χ2n) is 3.16. The average Bonchev–Trinajstić information content (AvgIpc) is 2.28. The summed E-state index contributed by atoms with van der Waals surface area (Å²) in [6, 6.07) is 7.07. The first kappa shape index (κ1) is 11.8. The molecule has 0 atom stereocenters. The van der Waals surface area contributed by atoms with Crippen LogP contribution in [0.15, 0.2) is 24.3 Å². The predicted molar refractivity (Wildman–Crippen MR) is 60.3 cm³/mol. The number of primary amides is 1. The minimum Gasteiger partial charge on any atom is -0.359 e. The zero-order chi connectivity index (χ0) is 12.0. The van der Waals surface area contributed by atoms with Crippen molar-refractivity contribution in [3.05, 3.63) is 35.4 Å². The smallest absolute Gasteiger partial charge is 0.293 e. The van der Waals surface area contributed by atoms with E-state index in [1.54, 1.807) is 31.3 Å². The summed E-state index contributed by atoms with van der Waals surface area (Å²) in [6.07, 6.45) is 0.333. The van der Waals surface area contributed by atoms with E-state index in [0.717, 1.165) is 5.56 Å². The Morgan fingerprint density at radius 1 is 1.31 bits per heavy atom. The van der Waals surface area contributed by atoms with Crippen LogP contribution < -0.4 is 11.1 Å². The summed E-state index contributed by atoms with van der Waals surface area (Å²) in [4.78, 5) is 21.5. The first-order valence-electron chi connectivity index (χ1n) is 4.73. The van der Waals surface area contributed by atoms with E-state index in [4.69, 9.17) is 5.73 Å². The fourth-order valence-electron chi connectivity index (χ4n) is 1.11. The van der Waals surface area contributed by atoms with E-state index in [2.05, 4.69) is 17.2 Å². The van der Waals surface area contributed by atoms with E-state index < -0.39 is 5.91 Å². The molecule has 0 unspecified atom stereocenters. The van der Waals surface area contributed by atoms with Crippen LogP contribution in [0.3, 0.4) is 0 Å². The summed E-state index contributed by atoms with van der Waals surface area (Å²) in [6.45, 7) is 0. The van der Waals surface area contributed by atoms with Gasteiger partial charge in [-0.3, -0.25) is 9.59 Å². The van der Waals surface area contributed by atoms with Gasteiger partial charge in [-0.1, -0.05) is 18.1 Å². The van der Waals surface area contributed by atoms with Gasteiger partial charge in [0, 0.05) is 12.6 Å². The Balaban J connectivity index is 2.73. The lowest BCUT2D eigenvalue weighted by molar-refractivity contribution is -0.120. The molecule has 0 aliphatic heterocycles. The Morgan fingerprint density at radius 2 is 1.94 bits per heavy atom. The number of hydrogen-bond acceptors (Lipinski definition) is 2. The van der Waals surface area contributed by atoms with Crippen molar-refractivity contribution in [2.45, 2.75) is 6.42 Å². The Kier molecular flexibility index (Phi) is 4.10. The van der Waals surface area contributed by atoms with Crippen molar-refractivity contribution in [2.24, 2.45) is 5.73 Å². The molecule has 16 heavy (non-hydrogen) atoms. The molecule has 0 saturated carbocycles. The van der Waals surface area contributed by atoms with Gasteiger partial charge in [-0.2, -0.15) is 0 Å². The van der Waals surface area contributed by atoms with Crippen molar-refractivity contribution in [3.8, 4) is 11.8 Å². The summed E-state index contributed by atoms with van der Waals surface area (Å²) in [7, 11) is 1.59. The summed E-state index contributed by atoms with van der Waals surface area (Å²) >= 11 is 0. The van der Waals surface area contributed by atoms with Crippen LogP contribution in [-0.4, -0.2) is 18.9 Å². The van der Waals surface area contributed by atoms with Crippen LogP contribution in [0.25, 0.3) is 0 Å². The standard InChI is InChI=1S/C12H12N2O2/c1-14-12(16)8-10-4-2-9(3-5-10)6-7-11(13)15/h2-5H,8H2,1H3,(H2,13,15)(H,14,16). The highest BCUT2D eigenvalue weighted by Crippen LogP contribution is 2.03. The van der Waals surface area contributed by atoms with Gasteiger partial charge in [-0.25, -0.2) is 0 Å². The molecule has 0 heterocycles. The number of rotatable bonds is 2. The third-order valence-corrected chi connectivity index (χ3v) is 1.93. The van der Waals surface area contributed by atoms with E-state index >= 15 is 0 Å². The topological polar surface area (TPSA) is 72.2 Å². The number of amides is 2. The van der Waals surface area contributed by atoms with Gasteiger partial charge in [-0.15, -0.1) is 0 Å². The molecule has 4 heteroatoms. The normalized spacial score (nSPS) is 8.81. The van der Waals surface area contributed by atoms with Crippen LogP contribution in [0.5, 0.6) is 0 Å². The second-order valence-corrected chi connectivity index (χ2v) is 3.16. The molecular weight excluding hydrogens is 204 g/mol. The minimum absolute atomic E-state index is 0.0454. The molecule has 0 radical (unpaired) electrons. The summed E-state index contributed by atoms with van der Waals surface area (Å²) in [5, 5.41) is 2.54. The van der Waals surface area contributed by atoms with Crippen molar-refractivity contribution in [1.29, 1.82) is 0 Å². The lowest BCUT2D eigenvalue weighted by Crippen LogP contribution is -2.19. The number of hydrogen-bond donors (Lipinski definition) is 2. The molecule has 0 bridgehead atoms. The van der Waals surface area contributed by atoms with Crippen molar-refractivity contribution in [2.75, 3.05) is 7.05 Å². The number of carbonyl (C=O) groups excluding carboxylic acids is 2. The summed E-state index contributed by atoms with van der Waals surface area (Å²) in [5.74, 6) is 4.15. The molecule has 3 N–H and O–H groups in total. The first-order valence-corrected chi connectivity index (χ1v) is 4.73. The molecule has 1 rings (SSSR count). The lowest BCUT2D eigenvalue weighted by atomic mass is 10.1.